The zero-order valence-electron chi connectivity index (χ0n) is 12.9. The smallest absolute Gasteiger partial charge is 0.219 e. The molecule has 21 heavy (non-hydrogen) atoms. The number of aryl methyl sites for hydroxylation is 1. The number of hydrogen-bond donors (Lipinski definition) is 1. The van der Waals surface area contributed by atoms with Crippen LogP contribution in [0.15, 0.2) is 36.4 Å². The highest BCUT2D eigenvalue weighted by atomic mass is 35.5. The maximum Gasteiger partial charge on any atom is 0.219 e. The molecule has 0 atom stereocenters. The van der Waals surface area contributed by atoms with E-state index >= 15 is 0 Å². The summed E-state index contributed by atoms with van der Waals surface area (Å²) in [7, 11) is 0. The third-order valence-corrected chi connectivity index (χ3v) is 3.34. The van der Waals surface area contributed by atoms with E-state index in [-0.39, 0.29) is 5.54 Å². The molecule has 0 bridgehead atoms. The van der Waals surface area contributed by atoms with E-state index in [2.05, 4.69) is 31.1 Å². The fourth-order valence-electron chi connectivity index (χ4n) is 1.81. The number of pyridine rings is 1. The highest BCUT2D eigenvalue weighted by Crippen LogP contribution is 2.28. The third-order valence-electron chi connectivity index (χ3n) is 3.03. The fourth-order valence-corrected chi connectivity index (χ4v) is 1.99. The molecule has 0 aliphatic heterocycles. The summed E-state index contributed by atoms with van der Waals surface area (Å²) in [6.07, 6.45) is 0. The van der Waals surface area contributed by atoms with Crippen LogP contribution in [-0.2, 0) is 6.54 Å². The van der Waals surface area contributed by atoms with Gasteiger partial charge in [-0.3, -0.25) is 0 Å². The van der Waals surface area contributed by atoms with Crippen molar-refractivity contribution < 1.29 is 4.74 Å². The molecule has 1 aromatic heterocycles. The Labute approximate surface area is 131 Å². The maximum absolute atomic E-state index is 6.08. The SMILES string of the molecule is Cc1nc(Oc2ccccc2Cl)ccc1CNC(C)(C)C. The van der Waals surface area contributed by atoms with E-state index in [1.165, 1.54) is 0 Å². The molecule has 0 spiro atoms. The largest absolute Gasteiger partial charge is 0.437 e. The molecule has 0 unspecified atom stereocenters. The van der Waals surface area contributed by atoms with Crippen LogP contribution in [0.5, 0.6) is 11.6 Å². The second-order valence-electron chi connectivity index (χ2n) is 6.03. The molecule has 3 nitrogen and oxygen atoms in total. The molecular weight excluding hydrogens is 284 g/mol. The number of ether oxygens (including phenoxy) is 1. The van der Waals surface area contributed by atoms with Crippen molar-refractivity contribution in [3.8, 4) is 11.6 Å². The van der Waals surface area contributed by atoms with E-state index in [1.807, 2.05) is 37.3 Å². The van der Waals surface area contributed by atoms with Gasteiger partial charge in [0.05, 0.1) is 5.02 Å². The number of rotatable bonds is 4. The molecule has 0 aliphatic carbocycles. The summed E-state index contributed by atoms with van der Waals surface area (Å²) in [5.41, 5.74) is 2.20. The topological polar surface area (TPSA) is 34.1 Å². The molecule has 2 aromatic rings. The van der Waals surface area contributed by atoms with E-state index in [0.717, 1.165) is 17.8 Å². The van der Waals surface area contributed by atoms with Gasteiger partial charge < -0.3 is 10.1 Å². The lowest BCUT2D eigenvalue weighted by Crippen LogP contribution is -2.35. The van der Waals surface area contributed by atoms with E-state index in [4.69, 9.17) is 16.3 Å². The number of nitrogens with one attached hydrogen (secondary N) is 1. The number of aromatic nitrogens is 1. The summed E-state index contributed by atoms with van der Waals surface area (Å²) < 4.78 is 5.73. The van der Waals surface area contributed by atoms with Gasteiger partial charge >= 0.3 is 0 Å². The van der Waals surface area contributed by atoms with E-state index in [9.17, 15) is 0 Å². The first-order valence-corrected chi connectivity index (χ1v) is 7.37. The monoisotopic (exact) mass is 304 g/mol. The van der Waals surface area contributed by atoms with Crippen LogP contribution in [0.1, 0.15) is 32.0 Å². The number of para-hydroxylation sites is 1. The van der Waals surface area contributed by atoms with Crippen LogP contribution in [0.4, 0.5) is 0 Å². The van der Waals surface area contributed by atoms with Gasteiger partial charge in [0, 0.05) is 23.8 Å². The van der Waals surface area contributed by atoms with Gasteiger partial charge in [-0.25, -0.2) is 4.98 Å². The van der Waals surface area contributed by atoms with Gasteiger partial charge in [-0.05, 0) is 45.4 Å². The number of benzene rings is 1. The molecule has 1 heterocycles. The van der Waals surface area contributed by atoms with Crippen LogP contribution in [-0.4, -0.2) is 10.5 Å². The lowest BCUT2D eigenvalue weighted by Gasteiger charge is -2.21. The minimum absolute atomic E-state index is 0.0825. The van der Waals surface area contributed by atoms with Gasteiger partial charge in [0.1, 0.15) is 5.75 Å². The van der Waals surface area contributed by atoms with Gasteiger partial charge in [-0.15, -0.1) is 0 Å². The molecule has 0 amide bonds. The molecule has 0 aliphatic rings. The molecule has 1 aromatic carbocycles. The molecule has 112 valence electrons. The third kappa shape index (κ3) is 4.73. The van der Waals surface area contributed by atoms with Crippen LogP contribution < -0.4 is 10.1 Å². The molecule has 0 saturated carbocycles. The quantitative estimate of drug-likeness (QED) is 0.887. The van der Waals surface area contributed by atoms with Crippen molar-refractivity contribution in [2.24, 2.45) is 0 Å². The van der Waals surface area contributed by atoms with E-state index in [1.54, 1.807) is 6.07 Å². The van der Waals surface area contributed by atoms with Crippen molar-refractivity contribution in [2.75, 3.05) is 0 Å². The van der Waals surface area contributed by atoms with Crippen molar-refractivity contribution in [3.63, 3.8) is 0 Å². The summed E-state index contributed by atoms with van der Waals surface area (Å²) in [6, 6.07) is 11.3. The first kappa shape index (κ1) is 15.8. The molecular formula is C17H21ClN2O. The average Bonchev–Trinajstić information content (AvgIpc) is 2.39. The van der Waals surface area contributed by atoms with E-state index in [0.29, 0.717) is 16.7 Å². The molecule has 2 rings (SSSR count). The normalized spacial score (nSPS) is 11.5. The Morgan fingerprint density at radius 1 is 1.14 bits per heavy atom. The minimum Gasteiger partial charge on any atom is -0.437 e. The summed E-state index contributed by atoms with van der Waals surface area (Å²) in [5, 5.41) is 4.03. The van der Waals surface area contributed by atoms with Crippen molar-refractivity contribution in [1.29, 1.82) is 0 Å². The number of hydrogen-bond acceptors (Lipinski definition) is 3. The maximum atomic E-state index is 6.08. The van der Waals surface area contributed by atoms with Crippen LogP contribution in [0.25, 0.3) is 0 Å². The van der Waals surface area contributed by atoms with Gasteiger partial charge in [0.2, 0.25) is 5.88 Å². The Hall–Kier alpha value is -1.58. The Morgan fingerprint density at radius 2 is 1.86 bits per heavy atom. The summed E-state index contributed by atoms with van der Waals surface area (Å²) in [5.74, 6) is 1.17. The first-order valence-electron chi connectivity index (χ1n) is 6.99. The molecule has 1 N–H and O–H groups in total. The van der Waals surface area contributed by atoms with Gasteiger partial charge in [0.15, 0.2) is 0 Å². The zero-order valence-corrected chi connectivity index (χ0v) is 13.7. The van der Waals surface area contributed by atoms with Gasteiger partial charge in [-0.1, -0.05) is 29.8 Å². The molecule has 0 radical (unpaired) electrons. The lowest BCUT2D eigenvalue weighted by molar-refractivity contribution is 0.422. The predicted molar refractivity (Wildman–Crippen MR) is 87.1 cm³/mol. The second-order valence-corrected chi connectivity index (χ2v) is 6.44. The van der Waals surface area contributed by atoms with Crippen molar-refractivity contribution in [1.82, 2.24) is 10.3 Å². The number of halogens is 1. The first-order chi connectivity index (χ1) is 9.85. The zero-order chi connectivity index (χ0) is 15.5. The minimum atomic E-state index is 0.0825. The molecule has 4 heteroatoms. The summed E-state index contributed by atoms with van der Waals surface area (Å²) >= 11 is 6.08. The summed E-state index contributed by atoms with van der Waals surface area (Å²) in [4.78, 5) is 4.49. The Bertz CT molecular complexity index is 620. The highest BCUT2D eigenvalue weighted by Gasteiger charge is 2.11. The average molecular weight is 305 g/mol. The van der Waals surface area contributed by atoms with Gasteiger partial charge in [-0.2, -0.15) is 0 Å². The highest BCUT2D eigenvalue weighted by molar-refractivity contribution is 6.32. The lowest BCUT2D eigenvalue weighted by atomic mass is 10.1. The predicted octanol–water partition coefficient (Wildman–Crippen LogP) is 4.72. The van der Waals surface area contributed by atoms with Crippen molar-refractivity contribution in [2.45, 2.75) is 39.8 Å². The van der Waals surface area contributed by atoms with Crippen LogP contribution >= 0.6 is 11.6 Å². The van der Waals surface area contributed by atoms with Gasteiger partial charge in [0.25, 0.3) is 0 Å². The second kappa shape index (κ2) is 6.46. The Kier molecular flexibility index (Phi) is 4.86. The Balaban J connectivity index is 2.10. The van der Waals surface area contributed by atoms with Crippen LogP contribution in [0, 0.1) is 6.92 Å². The van der Waals surface area contributed by atoms with Crippen LogP contribution in [0.3, 0.4) is 0 Å². The molecule has 0 saturated heterocycles. The van der Waals surface area contributed by atoms with Crippen molar-refractivity contribution in [3.05, 3.63) is 52.7 Å². The standard InChI is InChI=1S/C17H21ClN2O/c1-12-13(11-19-17(2,3)4)9-10-16(20-12)21-15-8-6-5-7-14(15)18/h5-10,19H,11H2,1-4H3. The van der Waals surface area contributed by atoms with Crippen LogP contribution in [0.2, 0.25) is 5.02 Å². The summed E-state index contributed by atoms with van der Waals surface area (Å²) in [6.45, 7) is 9.20. The molecule has 0 fully saturated rings. The van der Waals surface area contributed by atoms with Crippen molar-refractivity contribution >= 4 is 11.6 Å². The number of nitrogens with zero attached hydrogens (tertiary/aromatic N) is 1. The Morgan fingerprint density at radius 3 is 2.48 bits per heavy atom. The van der Waals surface area contributed by atoms with E-state index < -0.39 is 0 Å². The fraction of sp³-hybridized carbons (Fsp3) is 0.353.